The number of carboxylic acid groups (broad SMARTS) is 1. The molecule has 9 nitrogen and oxygen atoms in total. The molecule has 9 heteroatoms. The van der Waals surface area contributed by atoms with Crippen molar-refractivity contribution in [3.8, 4) is 0 Å². The summed E-state index contributed by atoms with van der Waals surface area (Å²) in [6.07, 6.45) is 1.12. The molecule has 0 spiro atoms. The number of aryl methyl sites for hydroxylation is 4. The van der Waals surface area contributed by atoms with Crippen LogP contribution < -0.4 is 16.3 Å². The van der Waals surface area contributed by atoms with E-state index < -0.39 is 17.6 Å². The normalized spacial score (nSPS) is 13.0. The molecule has 37 heavy (non-hydrogen) atoms. The molecule has 0 fully saturated rings. The summed E-state index contributed by atoms with van der Waals surface area (Å²) in [6.45, 7) is 11.6. The maximum Gasteiger partial charge on any atom is 0.339 e. The Balaban J connectivity index is 1.77. The lowest BCUT2D eigenvalue weighted by Crippen LogP contribution is -2.50. The van der Waals surface area contributed by atoms with Crippen LogP contribution in [-0.4, -0.2) is 35.5 Å². The maximum atomic E-state index is 12.9. The molecule has 3 N–H and O–H groups in total. The van der Waals surface area contributed by atoms with E-state index in [-0.39, 0.29) is 43.5 Å². The number of hydrogen-bond acceptors (Lipinski definition) is 6. The van der Waals surface area contributed by atoms with Gasteiger partial charge in [0.25, 0.3) is 0 Å². The fourth-order valence-corrected chi connectivity index (χ4v) is 4.53. The highest BCUT2D eigenvalue weighted by Crippen LogP contribution is 2.34. The molecule has 0 aliphatic carbocycles. The molecule has 2 heterocycles. The van der Waals surface area contributed by atoms with Gasteiger partial charge in [0.1, 0.15) is 23.0 Å². The molecule has 2 amide bonds. The van der Waals surface area contributed by atoms with Gasteiger partial charge in [0.15, 0.2) is 0 Å². The molecule has 1 aromatic carbocycles. The minimum absolute atomic E-state index is 0.0153. The Morgan fingerprint density at radius 2 is 1.62 bits per heavy atom. The smallest absolute Gasteiger partial charge is 0.339 e. The predicted molar refractivity (Wildman–Crippen MR) is 141 cm³/mol. The van der Waals surface area contributed by atoms with Gasteiger partial charge in [0, 0.05) is 41.3 Å². The van der Waals surface area contributed by atoms with Crippen LogP contribution in [0.4, 0.5) is 0 Å². The van der Waals surface area contributed by atoms with Crippen LogP contribution in [-0.2, 0) is 20.8 Å². The molecule has 0 aliphatic heterocycles. The molecule has 200 valence electrons. The summed E-state index contributed by atoms with van der Waals surface area (Å²) >= 11 is 0. The zero-order chi connectivity index (χ0) is 27.4. The van der Waals surface area contributed by atoms with E-state index in [0.29, 0.717) is 29.6 Å². The monoisotopic (exact) mass is 512 g/mol. The molecule has 0 bridgehead atoms. The van der Waals surface area contributed by atoms with E-state index in [9.17, 15) is 19.2 Å². The van der Waals surface area contributed by atoms with Crippen molar-refractivity contribution in [3.05, 3.63) is 44.5 Å². The maximum absolute atomic E-state index is 12.9. The summed E-state index contributed by atoms with van der Waals surface area (Å²) in [5.74, 6) is -0.934. The summed E-state index contributed by atoms with van der Waals surface area (Å²) in [6, 6.07) is 1.22. The van der Waals surface area contributed by atoms with E-state index in [0.717, 1.165) is 33.2 Å². The van der Waals surface area contributed by atoms with Crippen molar-refractivity contribution >= 4 is 39.7 Å². The number of aliphatic carboxylic acids is 1. The number of rotatable bonds is 11. The van der Waals surface area contributed by atoms with Gasteiger partial charge >= 0.3 is 11.6 Å². The van der Waals surface area contributed by atoms with E-state index in [1.165, 1.54) is 0 Å². The highest BCUT2D eigenvalue weighted by atomic mass is 16.4. The molecule has 0 aliphatic rings. The molecule has 2 atom stereocenters. The van der Waals surface area contributed by atoms with Crippen LogP contribution in [0.2, 0.25) is 0 Å². The van der Waals surface area contributed by atoms with Gasteiger partial charge in [-0.25, -0.2) is 4.79 Å². The van der Waals surface area contributed by atoms with Gasteiger partial charge in [-0.05, 0) is 63.6 Å². The number of amides is 2. The Bertz CT molecular complexity index is 1400. The molecular weight excluding hydrogens is 476 g/mol. The van der Waals surface area contributed by atoms with Gasteiger partial charge in [-0.3, -0.25) is 14.4 Å². The number of carbonyl (C=O) groups excluding carboxylic acids is 2. The molecule has 2 aromatic heterocycles. The van der Waals surface area contributed by atoms with Gasteiger partial charge in [-0.2, -0.15) is 0 Å². The lowest BCUT2D eigenvalue weighted by Gasteiger charge is -2.23. The second-order valence-electron chi connectivity index (χ2n) is 9.75. The third-order valence-corrected chi connectivity index (χ3v) is 7.22. The molecule has 0 saturated carbocycles. The van der Waals surface area contributed by atoms with E-state index in [2.05, 4.69) is 10.6 Å². The zero-order valence-corrected chi connectivity index (χ0v) is 22.4. The molecule has 3 aromatic rings. The average molecular weight is 513 g/mol. The fraction of sp³-hybridized carbons (Fsp3) is 0.500. The van der Waals surface area contributed by atoms with Crippen LogP contribution in [0.3, 0.4) is 0 Å². The van der Waals surface area contributed by atoms with Gasteiger partial charge in [0.05, 0.1) is 0 Å². The molecular formula is C28H36N2O7. The molecule has 2 unspecified atom stereocenters. The topological polar surface area (TPSA) is 139 Å². The third-order valence-electron chi connectivity index (χ3n) is 7.22. The summed E-state index contributed by atoms with van der Waals surface area (Å²) in [5, 5.41) is 16.0. The minimum atomic E-state index is -0.927. The standard InChI is InChI=1S/C28H36N2O7/c1-7-14(2)24(27(34)29-12-8-9-23(32)33)30-22(31)11-10-19-16(4)21-13-20-15(3)18(6)36-25(20)17(5)26(21)37-28(19)35/h13-14,24H,7-12H2,1-6H3,(H,29,34)(H,30,31)(H,32,33). The van der Waals surface area contributed by atoms with E-state index >= 15 is 0 Å². The highest BCUT2D eigenvalue weighted by molar-refractivity contribution is 6.00. The van der Waals surface area contributed by atoms with Gasteiger partial charge < -0.3 is 24.6 Å². The van der Waals surface area contributed by atoms with Gasteiger partial charge in [0.2, 0.25) is 11.8 Å². The number of furan rings is 1. The Morgan fingerprint density at radius 3 is 2.27 bits per heavy atom. The van der Waals surface area contributed by atoms with Crippen molar-refractivity contribution in [2.45, 2.75) is 79.7 Å². The summed E-state index contributed by atoms with van der Waals surface area (Å²) in [7, 11) is 0. The number of carbonyl (C=O) groups is 3. The number of benzene rings is 1. The molecule has 0 saturated heterocycles. The van der Waals surface area contributed by atoms with Crippen molar-refractivity contribution < 1.29 is 28.3 Å². The van der Waals surface area contributed by atoms with E-state index in [1.54, 1.807) is 0 Å². The van der Waals surface area contributed by atoms with Crippen molar-refractivity contribution in [2.24, 2.45) is 5.92 Å². The molecule has 3 rings (SSSR count). The number of carboxylic acids is 1. The SMILES string of the molecule is CCC(C)C(NC(=O)CCc1c(C)c2cc3c(C)c(C)oc3c(C)c2oc1=O)C(=O)NCCCC(=O)O. The Morgan fingerprint density at radius 1 is 0.973 bits per heavy atom. The predicted octanol–water partition coefficient (Wildman–Crippen LogP) is 4.22. The number of hydrogen-bond donors (Lipinski definition) is 3. The molecule has 0 radical (unpaired) electrons. The van der Waals surface area contributed by atoms with Crippen LogP contribution in [0.1, 0.15) is 67.5 Å². The van der Waals surface area contributed by atoms with Crippen LogP contribution >= 0.6 is 0 Å². The number of nitrogens with one attached hydrogen (secondary N) is 2. The van der Waals surface area contributed by atoms with Gasteiger partial charge in [-0.15, -0.1) is 0 Å². The Kier molecular flexibility index (Phi) is 8.78. The second kappa shape index (κ2) is 11.6. The highest BCUT2D eigenvalue weighted by Gasteiger charge is 2.26. The van der Waals surface area contributed by atoms with Gasteiger partial charge in [-0.1, -0.05) is 20.3 Å². The fourth-order valence-electron chi connectivity index (χ4n) is 4.53. The van der Waals surface area contributed by atoms with Crippen molar-refractivity contribution in [3.63, 3.8) is 0 Å². The van der Waals surface area contributed by atoms with Crippen molar-refractivity contribution in [1.82, 2.24) is 10.6 Å². The second-order valence-corrected chi connectivity index (χ2v) is 9.75. The largest absolute Gasteiger partial charge is 0.481 e. The summed E-state index contributed by atoms with van der Waals surface area (Å²) < 4.78 is 11.6. The first-order valence-corrected chi connectivity index (χ1v) is 12.7. The summed E-state index contributed by atoms with van der Waals surface area (Å²) in [5.41, 5.74) is 3.68. The van der Waals surface area contributed by atoms with Crippen molar-refractivity contribution in [2.75, 3.05) is 6.54 Å². The quantitative estimate of drug-likeness (QED) is 0.258. The summed E-state index contributed by atoms with van der Waals surface area (Å²) in [4.78, 5) is 49.0. The Labute approximate surface area is 215 Å². The third kappa shape index (κ3) is 6.03. The first-order valence-electron chi connectivity index (χ1n) is 12.7. The zero-order valence-electron chi connectivity index (χ0n) is 22.4. The lowest BCUT2D eigenvalue weighted by molar-refractivity contribution is -0.137. The lowest BCUT2D eigenvalue weighted by atomic mass is 9.97. The van der Waals surface area contributed by atoms with Crippen LogP contribution in [0.25, 0.3) is 21.9 Å². The van der Waals surface area contributed by atoms with Crippen molar-refractivity contribution in [1.29, 1.82) is 0 Å². The van der Waals surface area contributed by atoms with Crippen LogP contribution in [0, 0.1) is 33.6 Å². The van der Waals surface area contributed by atoms with E-state index in [1.807, 2.05) is 47.6 Å². The Hall–Kier alpha value is -3.62. The minimum Gasteiger partial charge on any atom is -0.481 e. The average Bonchev–Trinajstić information content (AvgIpc) is 3.14. The van der Waals surface area contributed by atoms with E-state index in [4.69, 9.17) is 13.9 Å². The van der Waals surface area contributed by atoms with Crippen LogP contribution in [0.5, 0.6) is 0 Å². The first kappa shape index (κ1) is 28.0. The first-order chi connectivity index (χ1) is 17.5. The van der Waals surface area contributed by atoms with Crippen LogP contribution in [0.15, 0.2) is 19.7 Å². The number of fused-ring (bicyclic) bond motifs is 2.